The van der Waals surface area contributed by atoms with Crippen molar-refractivity contribution in [2.24, 2.45) is 0 Å². The highest BCUT2D eigenvalue weighted by molar-refractivity contribution is 5.91. The molecule has 23 heavy (non-hydrogen) atoms. The summed E-state index contributed by atoms with van der Waals surface area (Å²) in [5.41, 5.74) is 0.600. The number of amides is 1. The summed E-state index contributed by atoms with van der Waals surface area (Å²) in [6.07, 6.45) is 1.77. The molecule has 1 aromatic carbocycles. The van der Waals surface area contributed by atoms with Crippen LogP contribution in [-0.2, 0) is 14.9 Å². The zero-order chi connectivity index (χ0) is 16.9. The summed E-state index contributed by atoms with van der Waals surface area (Å²) in [4.78, 5) is 15.2. The van der Waals surface area contributed by atoms with Crippen LogP contribution in [-0.4, -0.2) is 35.1 Å². The average Bonchev–Trinajstić information content (AvgIpc) is 3.25. The molecule has 0 aromatic heterocycles. The average molecular weight is 312 g/mol. The van der Waals surface area contributed by atoms with Gasteiger partial charge in [-0.3, -0.25) is 4.79 Å². The number of hydrogen-bond acceptors (Lipinski definition) is 3. The fourth-order valence-corrected chi connectivity index (χ4v) is 3.85. The van der Waals surface area contributed by atoms with Crippen molar-refractivity contribution in [3.8, 4) is 6.07 Å². The van der Waals surface area contributed by atoms with Crippen LogP contribution in [0.4, 0.5) is 0 Å². The van der Waals surface area contributed by atoms with E-state index in [2.05, 4.69) is 6.07 Å². The van der Waals surface area contributed by atoms with E-state index in [9.17, 15) is 4.79 Å². The van der Waals surface area contributed by atoms with Crippen LogP contribution in [0.25, 0.3) is 0 Å². The molecule has 1 heterocycles. The number of ether oxygens (including phenoxy) is 1. The number of carbonyl (C=O) groups is 1. The summed E-state index contributed by atoms with van der Waals surface area (Å²) >= 11 is 0. The summed E-state index contributed by atoms with van der Waals surface area (Å²) in [5, 5.41) is 8.94. The Morgan fingerprint density at radius 3 is 2.04 bits per heavy atom. The second kappa shape index (κ2) is 5.07. The summed E-state index contributed by atoms with van der Waals surface area (Å²) in [6, 6.07) is 9.59. The van der Waals surface area contributed by atoms with Crippen LogP contribution in [0.15, 0.2) is 24.3 Å². The van der Waals surface area contributed by atoms with E-state index in [4.69, 9.17) is 10.00 Å². The first-order chi connectivity index (χ1) is 10.7. The smallest absolute Gasteiger partial charge is 0.233 e. The summed E-state index contributed by atoms with van der Waals surface area (Å²) < 4.78 is 6.08. The highest BCUT2D eigenvalue weighted by atomic mass is 16.5. The van der Waals surface area contributed by atoms with Gasteiger partial charge in [-0.25, -0.2) is 0 Å². The van der Waals surface area contributed by atoms with Gasteiger partial charge < -0.3 is 9.64 Å². The SMILES string of the molecule is CC1(C)CN(C(=O)C2(c3ccc(C#N)cc3)CC2)CC(C)(C)O1. The minimum absolute atomic E-state index is 0.201. The van der Waals surface area contributed by atoms with Crippen LogP contribution in [0.5, 0.6) is 0 Å². The van der Waals surface area contributed by atoms with Crippen LogP contribution in [0.3, 0.4) is 0 Å². The molecule has 0 N–H and O–H groups in total. The van der Waals surface area contributed by atoms with Crippen molar-refractivity contribution in [1.29, 1.82) is 5.26 Å². The molecule has 4 nitrogen and oxygen atoms in total. The monoisotopic (exact) mass is 312 g/mol. The molecule has 1 saturated heterocycles. The van der Waals surface area contributed by atoms with Gasteiger partial charge in [0.25, 0.3) is 0 Å². The van der Waals surface area contributed by atoms with Gasteiger partial charge in [-0.15, -0.1) is 0 Å². The fraction of sp³-hybridized carbons (Fsp3) is 0.579. The molecule has 0 unspecified atom stereocenters. The molecule has 0 bridgehead atoms. The van der Waals surface area contributed by atoms with Gasteiger partial charge in [-0.2, -0.15) is 5.26 Å². The highest BCUT2D eigenvalue weighted by Gasteiger charge is 2.55. The minimum Gasteiger partial charge on any atom is -0.366 e. The Labute approximate surface area is 138 Å². The summed E-state index contributed by atoms with van der Waals surface area (Å²) in [7, 11) is 0. The van der Waals surface area contributed by atoms with Gasteiger partial charge in [0.2, 0.25) is 5.91 Å². The molecule has 0 atom stereocenters. The Hall–Kier alpha value is -1.86. The molecule has 3 rings (SSSR count). The lowest BCUT2D eigenvalue weighted by Crippen LogP contribution is -2.60. The van der Waals surface area contributed by atoms with Gasteiger partial charge >= 0.3 is 0 Å². The lowest BCUT2D eigenvalue weighted by molar-refractivity contribution is -0.189. The van der Waals surface area contributed by atoms with Crippen molar-refractivity contribution < 1.29 is 9.53 Å². The molecular weight excluding hydrogens is 288 g/mol. The van der Waals surface area contributed by atoms with Gasteiger partial charge in [0, 0.05) is 13.1 Å². The first-order valence-corrected chi connectivity index (χ1v) is 8.18. The van der Waals surface area contributed by atoms with Crippen molar-refractivity contribution >= 4 is 5.91 Å². The number of hydrogen-bond donors (Lipinski definition) is 0. The molecule has 1 amide bonds. The Morgan fingerprint density at radius 2 is 1.61 bits per heavy atom. The first-order valence-electron chi connectivity index (χ1n) is 8.18. The lowest BCUT2D eigenvalue weighted by Gasteiger charge is -2.48. The fourth-order valence-electron chi connectivity index (χ4n) is 3.85. The standard InChI is InChI=1S/C19H24N2O2/c1-17(2)12-21(13-18(3,4)23-17)16(22)19(9-10-19)15-7-5-14(11-20)6-8-15/h5-8H,9-10,12-13H2,1-4H3. The molecule has 1 aliphatic heterocycles. The normalized spacial score (nSPS) is 23.9. The van der Waals surface area contributed by atoms with E-state index in [1.54, 1.807) is 12.1 Å². The number of morpholine rings is 1. The van der Waals surface area contributed by atoms with Crippen LogP contribution in [0.2, 0.25) is 0 Å². The third-order valence-corrected chi connectivity index (χ3v) is 4.71. The quantitative estimate of drug-likeness (QED) is 0.843. The topological polar surface area (TPSA) is 53.3 Å². The van der Waals surface area contributed by atoms with Crippen molar-refractivity contribution in [2.45, 2.75) is 57.2 Å². The van der Waals surface area contributed by atoms with Gasteiger partial charge in [0.1, 0.15) is 0 Å². The molecule has 2 aliphatic rings. The minimum atomic E-state index is -0.391. The van der Waals surface area contributed by atoms with E-state index in [0.29, 0.717) is 18.7 Å². The predicted octanol–water partition coefficient (Wildman–Crippen LogP) is 3.01. The van der Waals surface area contributed by atoms with Crippen LogP contribution >= 0.6 is 0 Å². The van der Waals surface area contributed by atoms with Gasteiger partial charge in [0.15, 0.2) is 0 Å². The van der Waals surface area contributed by atoms with Crippen molar-refractivity contribution in [1.82, 2.24) is 4.90 Å². The van der Waals surface area contributed by atoms with Crippen molar-refractivity contribution in [3.63, 3.8) is 0 Å². The molecule has 4 heteroatoms. The third-order valence-electron chi connectivity index (χ3n) is 4.71. The molecular formula is C19H24N2O2. The Balaban J connectivity index is 1.85. The second-order valence-electron chi connectivity index (χ2n) is 8.05. The van der Waals surface area contributed by atoms with Gasteiger partial charge in [-0.05, 0) is 58.2 Å². The lowest BCUT2D eigenvalue weighted by atomic mass is 9.91. The molecule has 1 saturated carbocycles. The van der Waals surface area contributed by atoms with Crippen LogP contribution in [0.1, 0.15) is 51.7 Å². The molecule has 0 radical (unpaired) electrons. The van der Waals surface area contributed by atoms with Gasteiger partial charge in [0.05, 0.1) is 28.2 Å². The van der Waals surface area contributed by atoms with Crippen LogP contribution < -0.4 is 0 Å². The Bertz CT molecular complexity index is 648. The summed E-state index contributed by atoms with van der Waals surface area (Å²) in [5.74, 6) is 0.201. The van der Waals surface area contributed by atoms with Crippen molar-refractivity contribution in [3.05, 3.63) is 35.4 Å². The third kappa shape index (κ3) is 2.98. The Kier molecular flexibility index (Phi) is 3.53. The van der Waals surface area contributed by atoms with Crippen molar-refractivity contribution in [2.75, 3.05) is 13.1 Å². The molecule has 1 aliphatic carbocycles. The molecule has 1 aromatic rings. The maximum Gasteiger partial charge on any atom is 0.233 e. The molecule has 0 spiro atoms. The zero-order valence-electron chi connectivity index (χ0n) is 14.3. The number of carbonyl (C=O) groups excluding carboxylic acids is 1. The zero-order valence-corrected chi connectivity index (χ0v) is 14.3. The maximum atomic E-state index is 13.2. The Morgan fingerprint density at radius 1 is 1.09 bits per heavy atom. The number of benzene rings is 1. The largest absolute Gasteiger partial charge is 0.366 e. The summed E-state index contributed by atoms with van der Waals surface area (Å²) in [6.45, 7) is 9.39. The predicted molar refractivity (Wildman–Crippen MR) is 87.9 cm³/mol. The number of nitriles is 1. The molecule has 2 fully saturated rings. The number of rotatable bonds is 2. The maximum absolute atomic E-state index is 13.2. The molecule has 122 valence electrons. The first kappa shape index (κ1) is 16.0. The number of nitrogens with zero attached hydrogens (tertiary/aromatic N) is 2. The van der Waals surface area contributed by atoms with E-state index < -0.39 is 5.41 Å². The van der Waals surface area contributed by atoms with E-state index >= 15 is 0 Å². The van der Waals surface area contributed by atoms with E-state index in [1.807, 2.05) is 44.7 Å². The highest BCUT2D eigenvalue weighted by Crippen LogP contribution is 2.50. The van der Waals surface area contributed by atoms with Crippen LogP contribution in [0, 0.1) is 11.3 Å². The van der Waals surface area contributed by atoms with E-state index in [-0.39, 0.29) is 17.1 Å². The van der Waals surface area contributed by atoms with E-state index in [1.165, 1.54) is 0 Å². The second-order valence-corrected chi connectivity index (χ2v) is 8.05. The van der Waals surface area contributed by atoms with Gasteiger partial charge in [-0.1, -0.05) is 12.1 Å². The van der Waals surface area contributed by atoms with E-state index in [0.717, 1.165) is 18.4 Å².